The van der Waals surface area contributed by atoms with Crippen LogP contribution in [-0.4, -0.2) is 29.6 Å². The van der Waals surface area contributed by atoms with Gasteiger partial charge in [-0.2, -0.15) is 0 Å². The molecule has 11 heavy (non-hydrogen) atoms. The van der Waals surface area contributed by atoms with Crippen molar-refractivity contribution in [3.8, 4) is 0 Å². The fourth-order valence-corrected chi connectivity index (χ4v) is 3.11. The first-order chi connectivity index (χ1) is 5.08. The van der Waals surface area contributed by atoms with Crippen LogP contribution in [0.5, 0.6) is 0 Å². The van der Waals surface area contributed by atoms with Gasteiger partial charge >= 0.3 is 78.2 Å². The van der Waals surface area contributed by atoms with E-state index >= 15 is 0 Å². The normalized spacial score (nSPS) is 11.4. The molecule has 0 amide bonds. The summed E-state index contributed by atoms with van der Waals surface area (Å²) in [7, 11) is -2.75. The van der Waals surface area contributed by atoms with E-state index in [1.54, 1.807) is 0 Å². The summed E-state index contributed by atoms with van der Waals surface area (Å²) in [6.07, 6.45) is 0. The predicted octanol–water partition coefficient (Wildman–Crippen LogP) is 0.417. The van der Waals surface area contributed by atoms with Crippen LogP contribution in [0.1, 0.15) is 5.56 Å². The quantitative estimate of drug-likeness (QED) is 0.733. The third kappa shape index (κ3) is 3.76. The molecule has 0 aromatic heterocycles. The molecule has 1 aromatic rings. The molecule has 0 aliphatic carbocycles. The Hall–Kier alpha value is -0.0313. The zero-order valence-electron chi connectivity index (χ0n) is 5.90. The molecule has 1 rings (SSSR count). The van der Waals surface area contributed by atoms with E-state index in [0.29, 0.717) is 21.1 Å². The van der Waals surface area contributed by atoms with E-state index in [9.17, 15) is 8.42 Å². The van der Waals surface area contributed by atoms with Gasteiger partial charge < -0.3 is 0 Å². The van der Waals surface area contributed by atoms with E-state index < -0.39 is 7.02 Å². The summed E-state index contributed by atoms with van der Waals surface area (Å²) in [4.78, 5) is 0. The van der Waals surface area contributed by atoms with Gasteiger partial charge in [0.25, 0.3) is 0 Å². The summed E-state index contributed by atoms with van der Waals surface area (Å²) in [5.74, 6) is 0.191. The van der Waals surface area contributed by atoms with Crippen LogP contribution in [0.15, 0.2) is 30.3 Å². The van der Waals surface area contributed by atoms with Gasteiger partial charge in [0.1, 0.15) is 0 Å². The van der Waals surface area contributed by atoms with Gasteiger partial charge in [-0.15, -0.1) is 0 Å². The Morgan fingerprint density at radius 2 is 1.73 bits per heavy atom. The molecule has 0 aliphatic heterocycles. The van der Waals surface area contributed by atoms with E-state index in [1.165, 1.54) is 0 Å². The number of hydrogen-bond donors (Lipinski definition) is 0. The first kappa shape index (κ1) is 9.06. The van der Waals surface area contributed by atoms with E-state index in [0.717, 1.165) is 5.56 Å². The number of hydrogen-bond acceptors (Lipinski definition) is 2. The van der Waals surface area contributed by atoms with Gasteiger partial charge in [-0.1, -0.05) is 0 Å². The second kappa shape index (κ2) is 3.58. The summed E-state index contributed by atoms with van der Waals surface area (Å²) in [6, 6.07) is 9.23. The van der Waals surface area contributed by atoms with Gasteiger partial charge in [0.2, 0.25) is 0 Å². The minimum atomic E-state index is -2.75. The molecule has 0 unspecified atom stereocenters. The summed E-state index contributed by atoms with van der Waals surface area (Å²) in [6.45, 7) is 0. The molecule has 0 atom stereocenters. The molecule has 58 valence electrons. The molecular formula is C7H8O2SSn. The van der Waals surface area contributed by atoms with Gasteiger partial charge in [-0.25, -0.2) is 0 Å². The van der Waals surface area contributed by atoms with Crippen LogP contribution >= 0.6 is 0 Å². The predicted molar refractivity (Wildman–Crippen MR) is 46.2 cm³/mol. The summed E-state index contributed by atoms with van der Waals surface area (Å²) in [5.41, 5.74) is 0.875. The molecular weight excluding hydrogens is 267 g/mol. The summed E-state index contributed by atoms with van der Waals surface area (Å²) >= 11 is 0.299. The molecule has 0 N–H and O–H groups in total. The SMILES string of the molecule is O=[S](=O)([SnH])Cc1ccccc1. The van der Waals surface area contributed by atoms with Crippen LogP contribution in [0.2, 0.25) is 0 Å². The fraction of sp³-hybridized carbons (Fsp3) is 0.143. The van der Waals surface area contributed by atoms with Gasteiger partial charge in [-0.05, 0) is 0 Å². The van der Waals surface area contributed by atoms with Crippen LogP contribution < -0.4 is 0 Å². The first-order valence-corrected chi connectivity index (χ1v) is 8.87. The second-order valence-corrected chi connectivity index (χ2v) is 10.1. The Kier molecular flexibility index (Phi) is 2.95. The molecule has 0 saturated carbocycles. The average molecular weight is 275 g/mol. The molecule has 0 heterocycles. The minimum absolute atomic E-state index is 0.191. The Balaban J connectivity index is 2.82. The van der Waals surface area contributed by atoms with E-state index in [1.807, 2.05) is 30.3 Å². The molecule has 0 fully saturated rings. The van der Waals surface area contributed by atoms with Crippen molar-refractivity contribution in [3.05, 3.63) is 35.9 Å². The molecule has 0 saturated heterocycles. The Morgan fingerprint density at radius 1 is 1.18 bits per heavy atom. The van der Waals surface area contributed by atoms with E-state index in [-0.39, 0.29) is 5.75 Å². The Bertz CT molecular complexity index is 318. The van der Waals surface area contributed by atoms with Crippen LogP contribution in [0.25, 0.3) is 0 Å². The maximum atomic E-state index is 10.9. The molecule has 0 bridgehead atoms. The van der Waals surface area contributed by atoms with Crippen molar-refractivity contribution in [1.82, 2.24) is 0 Å². The standard InChI is InChI=1S/C7H7O2S.Sn.H/c8-10(9)6-7-4-2-1-3-5-7;;/h1-5H,6H2;;. The third-order valence-corrected chi connectivity index (χ3v) is 3.37. The molecule has 2 nitrogen and oxygen atoms in total. The molecule has 0 aliphatic rings. The Labute approximate surface area is 78.1 Å². The topological polar surface area (TPSA) is 34.1 Å². The second-order valence-electron chi connectivity index (χ2n) is 2.29. The van der Waals surface area contributed by atoms with Gasteiger partial charge in [0.05, 0.1) is 0 Å². The third-order valence-electron chi connectivity index (χ3n) is 1.21. The fourth-order valence-electron chi connectivity index (χ4n) is 0.807. The van der Waals surface area contributed by atoms with Crippen molar-refractivity contribution in [2.75, 3.05) is 0 Å². The van der Waals surface area contributed by atoms with Crippen LogP contribution in [0.3, 0.4) is 0 Å². The van der Waals surface area contributed by atoms with Crippen molar-refractivity contribution in [3.63, 3.8) is 0 Å². The van der Waals surface area contributed by atoms with Crippen molar-refractivity contribution >= 4 is 28.2 Å². The van der Waals surface area contributed by atoms with Gasteiger partial charge in [0.15, 0.2) is 0 Å². The summed E-state index contributed by atoms with van der Waals surface area (Å²) in [5, 5.41) is 0. The zero-order chi connectivity index (χ0) is 8.32. The van der Waals surface area contributed by atoms with Crippen LogP contribution in [0, 0.1) is 0 Å². The van der Waals surface area contributed by atoms with Crippen LogP contribution in [0.4, 0.5) is 0 Å². The Morgan fingerprint density at radius 3 is 2.18 bits per heavy atom. The van der Waals surface area contributed by atoms with E-state index in [2.05, 4.69) is 0 Å². The van der Waals surface area contributed by atoms with Crippen molar-refractivity contribution in [1.29, 1.82) is 0 Å². The van der Waals surface area contributed by atoms with Crippen molar-refractivity contribution < 1.29 is 8.42 Å². The number of rotatable bonds is 2. The van der Waals surface area contributed by atoms with Gasteiger partial charge in [-0.3, -0.25) is 0 Å². The van der Waals surface area contributed by atoms with Crippen LogP contribution in [-0.2, 0) is 12.8 Å². The molecule has 0 spiro atoms. The maximum absolute atomic E-state index is 10.9. The van der Waals surface area contributed by atoms with Crippen molar-refractivity contribution in [2.45, 2.75) is 5.75 Å². The molecule has 4 heteroatoms. The molecule has 1 aromatic carbocycles. The number of benzene rings is 1. The van der Waals surface area contributed by atoms with Gasteiger partial charge in [0, 0.05) is 0 Å². The zero-order valence-corrected chi connectivity index (χ0v) is 10.0. The summed E-state index contributed by atoms with van der Waals surface area (Å²) < 4.78 is 21.7. The molecule has 2 radical (unpaired) electrons. The first-order valence-electron chi connectivity index (χ1n) is 3.12. The average Bonchev–Trinajstić information content (AvgIpc) is 1.85. The van der Waals surface area contributed by atoms with Crippen molar-refractivity contribution in [2.24, 2.45) is 0 Å². The monoisotopic (exact) mass is 276 g/mol. The van der Waals surface area contributed by atoms with E-state index in [4.69, 9.17) is 0 Å².